The van der Waals surface area contributed by atoms with E-state index in [1.807, 2.05) is 0 Å². The van der Waals surface area contributed by atoms with Gasteiger partial charge in [-0.2, -0.15) is 5.10 Å². The fourth-order valence-corrected chi connectivity index (χ4v) is 1.78. The number of hydrogen-bond donors (Lipinski definition) is 1. The van der Waals surface area contributed by atoms with E-state index in [0.29, 0.717) is 18.8 Å². The zero-order chi connectivity index (χ0) is 13.5. The number of hydrogen-bond acceptors (Lipinski definition) is 5. The summed E-state index contributed by atoms with van der Waals surface area (Å²) in [6, 6.07) is 0.0884. The fourth-order valence-electron chi connectivity index (χ4n) is 1.78. The van der Waals surface area contributed by atoms with Crippen LogP contribution in [0.1, 0.15) is 43.1 Å². The SMILES string of the molecule is CCCC(COC)n1cc(C(=O)OCC)c(N)n1. The molecule has 1 aromatic heterocycles. The Morgan fingerprint density at radius 1 is 1.56 bits per heavy atom. The molecular formula is C12H21N3O3. The smallest absolute Gasteiger partial charge is 0.343 e. The number of rotatable bonds is 7. The Hall–Kier alpha value is -1.56. The van der Waals surface area contributed by atoms with Crippen molar-refractivity contribution in [3.8, 4) is 0 Å². The minimum Gasteiger partial charge on any atom is -0.462 e. The Morgan fingerprint density at radius 3 is 2.83 bits per heavy atom. The molecule has 0 spiro atoms. The molecule has 1 unspecified atom stereocenters. The normalized spacial score (nSPS) is 12.4. The van der Waals surface area contributed by atoms with E-state index in [4.69, 9.17) is 15.2 Å². The highest BCUT2D eigenvalue weighted by Crippen LogP contribution is 2.18. The highest BCUT2D eigenvalue weighted by Gasteiger charge is 2.19. The number of ether oxygens (including phenoxy) is 2. The lowest BCUT2D eigenvalue weighted by atomic mass is 10.2. The maximum absolute atomic E-state index is 11.6. The minimum atomic E-state index is -0.436. The zero-order valence-electron chi connectivity index (χ0n) is 11.2. The fraction of sp³-hybridized carbons (Fsp3) is 0.667. The molecule has 0 aliphatic carbocycles. The highest BCUT2D eigenvalue weighted by atomic mass is 16.5. The first-order valence-corrected chi connectivity index (χ1v) is 6.14. The van der Waals surface area contributed by atoms with Crippen LogP contribution in [0.2, 0.25) is 0 Å². The number of aromatic nitrogens is 2. The molecule has 6 nitrogen and oxygen atoms in total. The summed E-state index contributed by atoms with van der Waals surface area (Å²) in [5.41, 5.74) is 6.04. The van der Waals surface area contributed by atoms with Gasteiger partial charge in [0, 0.05) is 13.3 Å². The Kier molecular flexibility index (Phi) is 5.64. The summed E-state index contributed by atoms with van der Waals surface area (Å²) in [4.78, 5) is 11.6. The molecule has 1 heterocycles. The van der Waals surface area contributed by atoms with Crippen molar-refractivity contribution >= 4 is 11.8 Å². The molecule has 0 fully saturated rings. The van der Waals surface area contributed by atoms with Crippen molar-refractivity contribution in [2.75, 3.05) is 26.1 Å². The van der Waals surface area contributed by atoms with E-state index in [1.165, 1.54) is 0 Å². The highest BCUT2D eigenvalue weighted by molar-refractivity contribution is 5.93. The quantitative estimate of drug-likeness (QED) is 0.749. The number of nitrogen functional groups attached to an aromatic ring is 1. The Labute approximate surface area is 107 Å². The van der Waals surface area contributed by atoms with E-state index in [9.17, 15) is 4.79 Å². The lowest BCUT2D eigenvalue weighted by Gasteiger charge is -2.15. The van der Waals surface area contributed by atoms with Crippen molar-refractivity contribution in [1.29, 1.82) is 0 Å². The lowest BCUT2D eigenvalue weighted by molar-refractivity contribution is 0.0527. The van der Waals surface area contributed by atoms with Gasteiger partial charge in [0.1, 0.15) is 5.56 Å². The van der Waals surface area contributed by atoms with Gasteiger partial charge in [-0.05, 0) is 13.3 Å². The maximum Gasteiger partial charge on any atom is 0.343 e. The van der Waals surface area contributed by atoms with E-state index in [0.717, 1.165) is 12.8 Å². The minimum absolute atomic E-state index is 0.0884. The van der Waals surface area contributed by atoms with Gasteiger partial charge in [-0.3, -0.25) is 4.68 Å². The first kappa shape index (κ1) is 14.5. The molecule has 102 valence electrons. The van der Waals surface area contributed by atoms with Crippen LogP contribution in [-0.2, 0) is 9.47 Å². The lowest BCUT2D eigenvalue weighted by Crippen LogP contribution is -2.15. The molecule has 0 saturated heterocycles. The molecule has 0 bridgehead atoms. The van der Waals surface area contributed by atoms with Crippen LogP contribution in [0.3, 0.4) is 0 Å². The van der Waals surface area contributed by atoms with Crippen molar-refractivity contribution in [2.45, 2.75) is 32.7 Å². The molecule has 2 N–H and O–H groups in total. The van der Waals surface area contributed by atoms with Crippen LogP contribution in [0.5, 0.6) is 0 Å². The topological polar surface area (TPSA) is 79.4 Å². The molecule has 0 radical (unpaired) electrons. The van der Waals surface area contributed by atoms with Gasteiger partial charge in [0.15, 0.2) is 5.82 Å². The van der Waals surface area contributed by atoms with Crippen LogP contribution in [0.15, 0.2) is 6.20 Å². The van der Waals surface area contributed by atoms with E-state index in [2.05, 4.69) is 12.0 Å². The predicted molar refractivity (Wildman–Crippen MR) is 68.4 cm³/mol. The second kappa shape index (κ2) is 7.00. The van der Waals surface area contributed by atoms with Crippen LogP contribution >= 0.6 is 0 Å². The molecular weight excluding hydrogens is 234 g/mol. The summed E-state index contributed by atoms with van der Waals surface area (Å²) >= 11 is 0. The number of carbonyl (C=O) groups excluding carboxylic acids is 1. The van der Waals surface area contributed by atoms with E-state index in [-0.39, 0.29) is 11.9 Å². The van der Waals surface area contributed by atoms with E-state index >= 15 is 0 Å². The van der Waals surface area contributed by atoms with Crippen LogP contribution < -0.4 is 5.73 Å². The molecule has 0 aliphatic rings. The molecule has 0 saturated carbocycles. The van der Waals surface area contributed by atoms with Crippen LogP contribution in [-0.4, -0.2) is 36.1 Å². The summed E-state index contributed by atoms with van der Waals surface area (Å²) < 4.78 is 11.8. The number of anilines is 1. The third-order valence-electron chi connectivity index (χ3n) is 2.61. The second-order valence-corrected chi connectivity index (χ2v) is 4.03. The van der Waals surface area contributed by atoms with Gasteiger partial charge >= 0.3 is 5.97 Å². The summed E-state index contributed by atoms with van der Waals surface area (Å²) in [5, 5.41) is 4.17. The molecule has 18 heavy (non-hydrogen) atoms. The molecule has 0 aliphatic heterocycles. The third-order valence-corrected chi connectivity index (χ3v) is 2.61. The molecule has 6 heteroatoms. The van der Waals surface area contributed by atoms with Crippen LogP contribution in [0.25, 0.3) is 0 Å². The Morgan fingerprint density at radius 2 is 2.28 bits per heavy atom. The van der Waals surface area contributed by atoms with Gasteiger partial charge in [0.05, 0.1) is 19.3 Å². The first-order valence-electron chi connectivity index (χ1n) is 6.14. The Balaban J connectivity index is 2.89. The molecule has 0 aromatic carbocycles. The van der Waals surface area contributed by atoms with Crippen molar-refractivity contribution in [2.24, 2.45) is 0 Å². The third kappa shape index (κ3) is 3.46. The van der Waals surface area contributed by atoms with Crippen molar-refractivity contribution < 1.29 is 14.3 Å². The van der Waals surface area contributed by atoms with Crippen LogP contribution in [0, 0.1) is 0 Å². The van der Waals surface area contributed by atoms with Gasteiger partial charge in [-0.15, -0.1) is 0 Å². The van der Waals surface area contributed by atoms with Gasteiger partial charge < -0.3 is 15.2 Å². The van der Waals surface area contributed by atoms with E-state index < -0.39 is 5.97 Å². The number of methoxy groups -OCH3 is 1. The largest absolute Gasteiger partial charge is 0.462 e. The molecule has 0 amide bonds. The maximum atomic E-state index is 11.6. The predicted octanol–water partition coefficient (Wildman–Crippen LogP) is 1.63. The zero-order valence-corrected chi connectivity index (χ0v) is 11.2. The van der Waals surface area contributed by atoms with Crippen molar-refractivity contribution in [1.82, 2.24) is 9.78 Å². The monoisotopic (exact) mass is 255 g/mol. The summed E-state index contributed by atoms with van der Waals surface area (Å²) in [7, 11) is 1.64. The number of nitrogens with zero attached hydrogens (tertiary/aromatic N) is 2. The van der Waals surface area contributed by atoms with Gasteiger partial charge in [-0.1, -0.05) is 13.3 Å². The summed E-state index contributed by atoms with van der Waals surface area (Å²) in [6.45, 7) is 4.70. The average Bonchev–Trinajstić information content (AvgIpc) is 2.71. The summed E-state index contributed by atoms with van der Waals surface area (Å²) in [5.74, 6) is -0.237. The van der Waals surface area contributed by atoms with E-state index in [1.54, 1.807) is 24.9 Å². The van der Waals surface area contributed by atoms with Crippen molar-refractivity contribution in [3.05, 3.63) is 11.8 Å². The van der Waals surface area contributed by atoms with Gasteiger partial charge in [-0.25, -0.2) is 4.79 Å². The summed E-state index contributed by atoms with van der Waals surface area (Å²) in [6.07, 6.45) is 3.55. The van der Waals surface area contributed by atoms with Gasteiger partial charge in [0.2, 0.25) is 0 Å². The standard InChI is InChI=1S/C12H21N3O3/c1-4-6-9(8-17-3)15-7-10(11(13)14-15)12(16)18-5-2/h7,9H,4-6,8H2,1-3H3,(H2,13,14). The number of carbonyl (C=O) groups is 1. The number of nitrogens with two attached hydrogens (primary N) is 1. The molecule has 1 rings (SSSR count). The second-order valence-electron chi connectivity index (χ2n) is 4.03. The molecule has 1 atom stereocenters. The van der Waals surface area contributed by atoms with Gasteiger partial charge in [0.25, 0.3) is 0 Å². The number of esters is 1. The average molecular weight is 255 g/mol. The molecule has 1 aromatic rings. The first-order chi connectivity index (χ1) is 8.63. The van der Waals surface area contributed by atoms with Crippen molar-refractivity contribution in [3.63, 3.8) is 0 Å². The van der Waals surface area contributed by atoms with Crippen LogP contribution in [0.4, 0.5) is 5.82 Å². The Bertz CT molecular complexity index is 384.